The zero-order chi connectivity index (χ0) is 6.41. The Morgan fingerprint density at radius 2 is 2.12 bits per heavy atom. The second-order valence-corrected chi connectivity index (χ2v) is 1.47. The lowest BCUT2D eigenvalue weighted by molar-refractivity contribution is -0.116. The molecule has 1 aliphatic rings. The predicted octanol–water partition coefficient (Wildman–Crippen LogP) is 0.351. The van der Waals surface area contributed by atoms with E-state index in [2.05, 4.69) is 18.5 Å². The van der Waals surface area contributed by atoms with Gasteiger partial charge in [-0.05, 0) is 0 Å². The Kier molecular flexibility index (Phi) is 4.17. The van der Waals surface area contributed by atoms with Crippen molar-refractivity contribution in [2.45, 2.75) is 6.42 Å². The fourth-order valence-electron chi connectivity index (χ4n) is 0.544. The standard InChI is InChI=1S/C4H7NO.C2H4/c6-4-1-2-5-3-4;1-2/h5H,1-3H2;1-2H2. The highest BCUT2D eigenvalue weighted by Crippen LogP contribution is 1.85. The van der Waals surface area contributed by atoms with Gasteiger partial charge in [0.05, 0.1) is 6.54 Å². The minimum absolute atomic E-state index is 0.343. The average molecular weight is 113 g/mol. The van der Waals surface area contributed by atoms with Gasteiger partial charge in [0.15, 0.2) is 0 Å². The summed E-state index contributed by atoms with van der Waals surface area (Å²) in [5, 5.41) is 2.92. The van der Waals surface area contributed by atoms with Crippen molar-refractivity contribution in [1.82, 2.24) is 5.32 Å². The molecule has 1 aliphatic heterocycles. The first-order chi connectivity index (χ1) is 3.89. The second kappa shape index (κ2) is 4.53. The second-order valence-electron chi connectivity index (χ2n) is 1.47. The van der Waals surface area contributed by atoms with Crippen molar-refractivity contribution in [2.24, 2.45) is 0 Å². The number of rotatable bonds is 0. The molecule has 2 nitrogen and oxygen atoms in total. The van der Waals surface area contributed by atoms with Crippen molar-refractivity contribution in [3.8, 4) is 0 Å². The molecule has 0 bridgehead atoms. The first kappa shape index (κ1) is 7.37. The zero-order valence-electron chi connectivity index (χ0n) is 4.94. The van der Waals surface area contributed by atoms with E-state index in [1.54, 1.807) is 0 Å². The van der Waals surface area contributed by atoms with Gasteiger partial charge in [-0.15, -0.1) is 13.2 Å². The quantitative estimate of drug-likeness (QED) is 0.459. The molecule has 0 aromatic carbocycles. The van der Waals surface area contributed by atoms with E-state index >= 15 is 0 Å². The third kappa shape index (κ3) is 2.53. The van der Waals surface area contributed by atoms with Crippen LogP contribution in [0.1, 0.15) is 6.42 Å². The molecule has 0 radical (unpaired) electrons. The number of carbonyl (C=O) groups excluding carboxylic acids is 1. The van der Waals surface area contributed by atoms with Crippen LogP contribution >= 0.6 is 0 Å². The number of Topliss-reactive ketones (excluding diaryl/α,β-unsaturated/α-hetero) is 1. The van der Waals surface area contributed by atoms with E-state index in [0.717, 1.165) is 13.0 Å². The van der Waals surface area contributed by atoms with Gasteiger partial charge in [0.1, 0.15) is 5.78 Å². The Labute approximate surface area is 49.6 Å². The van der Waals surface area contributed by atoms with Crippen LogP contribution in [-0.4, -0.2) is 18.9 Å². The molecule has 1 N–H and O–H groups in total. The summed E-state index contributed by atoms with van der Waals surface area (Å²) in [4.78, 5) is 10.2. The third-order valence-corrected chi connectivity index (χ3v) is 0.903. The molecule has 0 atom stereocenters. The summed E-state index contributed by atoms with van der Waals surface area (Å²) in [6.07, 6.45) is 0.736. The summed E-state index contributed by atoms with van der Waals surface area (Å²) in [5.74, 6) is 0.343. The maximum Gasteiger partial charge on any atom is 0.147 e. The molecule has 1 rings (SSSR count). The normalized spacial score (nSPS) is 17.2. The largest absolute Gasteiger partial charge is 0.310 e. The molecule has 0 aromatic heterocycles. The van der Waals surface area contributed by atoms with Gasteiger partial charge in [-0.3, -0.25) is 4.79 Å². The van der Waals surface area contributed by atoms with Gasteiger partial charge < -0.3 is 5.32 Å². The Morgan fingerprint density at radius 1 is 1.50 bits per heavy atom. The number of hydrogen-bond donors (Lipinski definition) is 1. The Morgan fingerprint density at radius 3 is 2.25 bits per heavy atom. The molecule has 46 valence electrons. The van der Waals surface area contributed by atoms with Crippen LogP contribution in [0.4, 0.5) is 0 Å². The molecule has 1 heterocycles. The van der Waals surface area contributed by atoms with E-state index in [4.69, 9.17) is 0 Å². The van der Waals surface area contributed by atoms with E-state index in [0.29, 0.717) is 12.3 Å². The number of hydrogen-bond acceptors (Lipinski definition) is 2. The molecule has 0 amide bonds. The molecule has 1 saturated heterocycles. The van der Waals surface area contributed by atoms with Crippen LogP contribution in [-0.2, 0) is 4.79 Å². The summed E-state index contributed by atoms with van der Waals surface area (Å²) < 4.78 is 0. The summed E-state index contributed by atoms with van der Waals surface area (Å²) in [6, 6.07) is 0. The molecule has 0 aromatic rings. The highest BCUT2D eigenvalue weighted by molar-refractivity contribution is 5.82. The van der Waals surface area contributed by atoms with Gasteiger partial charge in [0.25, 0.3) is 0 Å². The third-order valence-electron chi connectivity index (χ3n) is 0.903. The number of ketones is 1. The maximum absolute atomic E-state index is 10.2. The highest BCUT2D eigenvalue weighted by atomic mass is 16.1. The van der Waals surface area contributed by atoms with Gasteiger partial charge in [-0.25, -0.2) is 0 Å². The topological polar surface area (TPSA) is 29.1 Å². The Bertz CT molecular complexity index is 72.6. The predicted molar refractivity (Wildman–Crippen MR) is 33.7 cm³/mol. The van der Waals surface area contributed by atoms with Crippen LogP contribution in [0.25, 0.3) is 0 Å². The Balaban J connectivity index is 0.000000222. The fourth-order valence-corrected chi connectivity index (χ4v) is 0.544. The van der Waals surface area contributed by atoms with Crippen molar-refractivity contribution in [1.29, 1.82) is 0 Å². The van der Waals surface area contributed by atoms with Gasteiger partial charge >= 0.3 is 0 Å². The maximum atomic E-state index is 10.2. The van der Waals surface area contributed by atoms with Crippen LogP contribution in [0.2, 0.25) is 0 Å². The summed E-state index contributed by atoms with van der Waals surface area (Å²) in [5.41, 5.74) is 0. The molecular formula is C6H11NO. The summed E-state index contributed by atoms with van der Waals surface area (Å²) in [6.45, 7) is 7.48. The fraction of sp³-hybridized carbons (Fsp3) is 0.500. The molecule has 0 aliphatic carbocycles. The molecule has 2 heteroatoms. The van der Waals surface area contributed by atoms with E-state index in [1.165, 1.54) is 0 Å². The van der Waals surface area contributed by atoms with Crippen LogP contribution in [0.15, 0.2) is 13.2 Å². The average Bonchev–Trinajstić information content (AvgIpc) is 2.24. The molecule has 0 spiro atoms. The number of nitrogens with one attached hydrogen (secondary N) is 1. The highest BCUT2D eigenvalue weighted by Gasteiger charge is 2.06. The van der Waals surface area contributed by atoms with Crippen LogP contribution in [0.5, 0.6) is 0 Å². The van der Waals surface area contributed by atoms with Gasteiger partial charge in [-0.1, -0.05) is 0 Å². The number of carbonyl (C=O) groups is 1. The Hall–Kier alpha value is -0.630. The minimum Gasteiger partial charge on any atom is -0.310 e. The SMILES string of the molecule is C=C.O=C1CCNC1. The lowest BCUT2D eigenvalue weighted by Crippen LogP contribution is -2.07. The van der Waals surface area contributed by atoms with E-state index in [-0.39, 0.29) is 0 Å². The lowest BCUT2D eigenvalue weighted by Gasteiger charge is -1.75. The van der Waals surface area contributed by atoms with Crippen LogP contribution in [0.3, 0.4) is 0 Å². The van der Waals surface area contributed by atoms with Crippen molar-refractivity contribution in [3.05, 3.63) is 13.2 Å². The first-order valence-corrected chi connectivity index (χ1v) is 2.62. The molecule has 1 fully saturated rings. The summed E-state index contributed by atoms with van der Waals surface area (Å²) in [7, 11) is 0. The monoisotopic (exact) mass is 113 g/mol. The lowest BCUT2D eigenvalue weighted by atomic mass is 10.4. The van der Waals surface area contributed by atoms with E-state index in [1.807, 2.05) is 0 Å². The van der Waals surface area contributed by atoms with Crippen molar-refractivity contribution in [2.75, 3.05) is 13.1 Å². The van der Waals surface area contributed by atoms with Crippen molar-refractivity contribution in [3.63, 3.8) is 0 Å². The smallest absolute Gasteiger partial charge is 0.147 e. The van der Waals surface area contributed by atoms with Crippen molar-refractivity contribution < 1.29 is 4.79 Å². The first-order valence-electron chi connectivity index (χ1n) is 2.62. The summed E-state index contributed by atoms with van der Waals surface area (Å²) >= 11 is 0. The van der Waals surface area contributed by atoms with Gasteiger partial charge in [0.2, 0.25) is 0 Å². The molecular weight excluding hydrogens is 102 g/mol. The molecule has 8 heavy (non-hydrogen) atoms. The van der Waals surface area contributed by atoms with Crippen molar-refractivity contribution >= 4 is 5.78 Å². The van der Waals surface area contributed by atoms with E-state index in [9.17, 15) is 4.79 Å². The molecule has 0 saturated carbocycles. The van der Waals surface area contributed by atoms with Crippen LogP contribution in [0, 0.1) is 0 Å². The zero-order valence-corrected chi connectivity index (χ0v) is 4.94. The minimum atomic E-state index is 0.343. The van der Waals surface area contributed by atoms with Gasteiger partial charge in [-0.2, -0.15) is 0 Å². The van der Waals surface area contributed by atoms with Crippen LogP contribution < -0.4 is 5.32 Å². The molecule has 0 unspecified atom stereocenters. The van der Waals surface area contributed by atoms with Gasteiger partial charge in [0, 0.05) is 13.0 Å². The van der Waals surface area contributed by atoms with E-state index < -0.39 is 0 Å².